The van der Waals surface area contributed by atoms with Gasteiger partial charge >= 0.3 is 5.97 Å². The smallest absolute Gasteiger partial charge is 0.326 e. The number of rotatable bonds is 2. The number of nitrogens with two attached hydrogens (primary N) is 1. The number of ether oxygens (including phenoxy) is 1. The first-order valence-electron chi connectivity index (χ1n) is 4.70. The Morgan fingerprint density at radius 3 is 2.67 bits per heavy atom. The molecule has 1 fully saturated rings. The first-order chi connectivity index (χ1) is 7.08. The van der Waals surface area contributed by atoms with Crippen molar-refractivity contribution in [3.8, 4) is 0 Å². The van der Waals surface area contributed by atoms with Crippen LogP contribution in [0.3, 0.4) is 0 Å². The van der Waals surface area contributed by atoms with Gasteiger partial charge in [-0.25, -0.2) is 4.39 Å². The highest BCUT2D eigenvalue weighted by Gasteiger charge is 2.58. The number of halogens is 1. The second-order valence-electron chi connectivity index (χ2n) is 3.84. The summed E-state index contributed by atoms with van der Waals surface area (Å²) < 4.78 is 17.3. The molecule has 2 N–H and O–H groups in total. The lowest BCUT2D eigenvalue weighted by Gasteiger charge is -2.08. The van der Waals surface area contributed by atoms with Crippen LogP contribution in [0.15, 0.2) is 24.3 Å². The van der Waals surface area contributed by atoms with E-state index in [1.54, 1.807) is 12.1 Å². The third-order valence-electron chi connectivity index (χ3n) is 2.84. The zero-order valence-electron chi connectivity index (χ0n) is 8.37. The molecule has 80 valence electrons. The Labute approximate surface area is 87.0 Å². The predicted molar refractivity (Wildman–Crippen MR) is 52.7 cm³/mol. The van der Waals surface area contributed by atoms with Crippen molar-refractivity contribution in [2.24, 2.45) is 5.73 Å². The Kier molecular flexibility index (Phi) is 2.23. The van der Waals surface area contributed by atoms with Crippen molar-refractivity contribution in [3.63, 3.8) is 0 Å². The van der Waals surface area contributed by atoms with Gasteiger partial charge in [-0.2, -0.15) is 0 Å². The minimum absolute atomic E-state index is 0.0504. The van der Waals surface area contributed by atoms with Gasteiger partial charge in [-0.1, -0.05) is 12.1 Å². The van der Waals surface area contributed by atoms with Gasteiger partial charge in [0.05, 0.1) is 7.11 Å². The number of methoxy groups -OCH3 is 1. The minimum Gasteiger partial charge on any atom is -0.468 e. The molecule has 1 saturated carbocycles. The lowest BCUT2D eigenvalue weighted by atomic mass is 10.1. The minimum atomic E-state index is -0.910. The molecule has 0 aromatic heterocycles. The molecule has 0 unspecified atom stereocenters. The van der Waals surface area contributed by atoms with E-state index in [0.29, 0.717) is 6.42 Å². The van der Waals surface area contributed by atoms with E-state index >= 15 is 0 Å². The van der Waals surface area contributed by atoms with E-state index in [-0.39, 0.29) is 11.7 Å². The fraction of sp³-hybridized carbons (Fsp3) is 0.364. The zero-order chi connectivity index (χ0) is 11.1. The molecule has 0 spiro atoms. The Morgan fingerprint density at radius 2 is 2.13 bits per heavy atom. The summed E-state index contributed by atoms with van der Waals surface area (Å²) in [7, 11) is 1.32. The van der Waals surface area contributed by atoms with Crippen LogP contribution in [0.5, 0.6) is 0 Å². The Bertz CT molecular complexity index is 390. The van der Waals surface area contributed by atoms with E-state index in [2.05, 4.69) is 4.74 Å². The molecule has 0 radical (unpaired) electrons. The lowest BCUT2D eigenvalue weighted by molar-refractivity contribution is -0.143. The molecule has 1 aliphatic rings. The third-order valence-corrected chi connectivity index (χ3v) is 2.84. The van der Waals surface area contributed by atoms with Gasteiger partial charge in [0, 0.05) is 5.92 Å². The van der Waals surface area contributed by atoms with Crippen LogP contribution in [0.1, 0.15) is 17.9 Å². The second kappa shape index (κ2) is 3.31. The van der Waals surface area contributed by atoms with Gasteiger partial charge < -0.3 is 10.5 Å². The van der Waals surface area contributed by atoms with Gasteiger partial charge in [-0.15, -0.1) is 0 Å². The standard InChI is InChI=1S/C11H12FNO2/c1-15-10(14)11(13)6-9(11)7-2-4-8(12)5-3-7/h2-5,9H,6,13H2,1H3/t9-,11+/m1/s1. The molecule has 1 aliphatic carbocycles. The van der Waals surface area contributed by atoms with E-state index in [1.807, 2.05) is 0 Å². The maximum atomic E-state index is 12.7. The van der Waals surface area contributed by atoms with Crippen molar-refractivity contribution in [1.82, 2.24) is 0 Å². The highest BCUT2D eigenvalue weighted by molar-refractivity contribution is 5.86. The van der Waals surface area contributed by atoms with E-state index in [4.69, 9.17) is 5.73 Å². The Morgan fingerprint density at radius 1 is 1.53 bits per heavy atom. The van der Waals surface area contributed by atoms with E-state index in [9.17, 15) is 9.18 Å². The van der Waals surface area contributed by atoms with Crippen molar-refractivity contribution in [3.05, 3.63) is 35.6 Å². The maximum absolute atomic E-state index is 12.7. The molecule has 0 heterocycles. The van der Waals surface area contributed by atoms with Gasteiger partial charge in [0.2, 0.25) is 0 Å². The van der Waals surface area contributed by atoms with Crippen molar-refractivity contribution in [1.29, 1.82) is 0 Å². The van der Waals surface area contributed by atoms with Crippen LogP contribution in [-0.2, 0) is 9.53 Å². The molecular weight excluding hydrogens is 197 g/mol. The van der Waals surface area contributed by atoms with Crippen LogP contribution in [0.2, 0.25) is 0 Å². The number of carbonyl (C=O) groups is 1. The Hall–Kier alpha value is -1.42. The van der Waals surface area contributed by atoms with E-state index in [1.165, 1.54) is 19.2 Å². The van der Waals surface area contributed by atoms with E-state index < -0.39 is 11.5 Å². The summed E-state index contributed by atoms with van der Waals surface area (Å²) in [6.45, 7) is 0. The van der Waals surface area contributed by atoms with Crippen LogP contribution in [0.25, 0.3) is 0 Å². The molecular formula is C11H12FNO2. The summed E-state index contributed by atoms with van der Waals surface area (Å²) in [5.74, 6) is -0.748. The molecule has 1 aromatic carbocycles. The quantitative estimate of drug-likeness (QED) is 0.744. The highest BCUT2D eigenvalue weighted by Crippen LogP contribution is 2.50. The van der Waals surface area contributed by atoms with Crippen LogP contribution in [-0.4, -0.2) is 18.6 Å². The fourth-order valence-electron chi connectivity index (χ4n) is 1.80. The SMILES string of the molecule is COC(=O)[C@]1(N)C[C@@H]1c1ccc(F)cc1. The molecule has 1 aromatic rings. The zero-order valence-corrected chi connectivity index (χ0v) is 8.37. The summed E-state index contributed by atoms with van der Waals surface area (Å²) in [6, 6.07) is 6.03. The summed E-state index contributed by atoms with van der Waals surface area (Å²) in [6.07, 6.45) is 0.561. The van der Waals surface area contributed by atoms with Crippen LogP contribution >= 0.6 is 0 Å². The molecule has 15 heavy (non-hydrogen) atoms. The number of hydrogen-bond donors (Lipinski definition) is 1. The average Bonchev–Trinajstić information content (AvgIpc) is 2.92. The summed E-state index contributed by atoms with van der Waals surface area (Å²) in [5.41, 5.74) is 5.82. The average molecular weight is 209 g/mol. The largest absolute Gasteiger partial charge is 0.468 e. The first-order valence-corrected chi connectivity index (χ1v) is 4.70. The number of hydrogen-bond acceptors (Lipinski definition) is 3. The molecule has 0 amide bonds. The summed E-state index contributed by atoms with van der Waals surface area (Å²) >= 11 is 0. The summed E-state index contributed by atoms with van der Waals surface area (Å²) in [5, 5.41) is 0. The maximum Gasteiger partial charge on any atom is 0.326 e. The van der Waals surface area contributed by atoms with Crippen molar-refractivity contribution < 1.29 is 13.9 Å². The van der Waals surface area contributed by atoms with Gasteiger partial charge in [-0.3, -0.25) is 4.79 Å². The third kappa shape index (κ3) is 1.61. The lowest BCUT2D eigenvalue weighted by Crippen LogP contribution is -2.35. The number of esters is 1. The normalized spacial score (nSPS) is 28.6. The van der Waals surface area contributed by atoms with Gasteiger partial charge in [0.1, 0.15) is 11.4 Å². The van der Waals surface area contributed by atoms with Crippen molar-refractivity contribution >= 4 is 5.97 Å². The van der Waals surface area contributed by atoms with Crippen LogP contribution in [0, 0.1) is 5.82 Å². The van der Waals surface area contributed by atoms with Crippen molar-refractivity contribution in [2.45, 2.75) is 17.9 Å². The van der Waals surface area contributed by atoms with Crippen molar-refractivity contribution in [2.75, 3.05) is 7.11 Å². The molecule has 3 nitrogen and oxygen atoms in total. The molecule has 0 bridgehead atoms. The summed E-state index contributed by atoms with van der Waals surface area (Å²) in [4.78, 5) is 11.3. The first kappa shape index (κ1) is 10.1. The molecule has 2 atom stereocenters. The number of carbonyl (C=O) groups excluding carboxylic acids is 1. The Balaban J connectivity index is 2.16. The van der Waals surface area contributed by atoms with Gasteiger partial charge in [0.15, 0.2) is 0 Å². The van der Waals surface area contributed by atoms with Gasteiger partial charge in [0.25, 0.3) is 0 Å². The van der Waals surface area contributed by atoms with E-state index in [0.717, 1.165) is 5.56 Å². The molecule has 4 heteroatoms. The molecule has 0 saturated heterocycles. The fourth-order valence-corrected chi connectivity index (χ4v) is 1.80. The monoisotopic (exact) mass is 209 g/mol. The predicted octanol–water partition coefficient (Wildman–Crippen LogP) is 1.18. The molecule has 0 aliphatic heterocycles. The topological polar surface area (TPSA) is 52.3 Å². The van der Waals surface area contributed by atoms with Gasteiger partial charge in [-0.05, 0) is 24.1 Å². The second-order valence-corrected chi connectivity index (χ2v) is 3.84. The van der Waals surface area contributed by atoms with Crippen LogP contribution in [0.4, 0.5) is 4.39 Å². The number of benzene rings is 1. The highest BCUT2D eigenvalue weighted by atomic mass is 19.1. The molecule has 2 rings (SSSR count). The van der Waals surface area contributed by atoms with Crippen LogP contribution < -0.4 is 5.73 Å².